The van der Waals surface area contributed by atoms with Crippen molar-refractivity contribution in [3.63, 3.8) is 0 Å². The van der Waals surface area contributed by atoms with Crippen molar-refractivity contribution >= 4 is 5.91 Å². The van der Waals surface area contributed by atoms with Gasteiger partial charge >= 0.3 is 0 Å². The molecule has 1 amide bonds. The maximum atomic E-state index is 12.4. The Morgan fingerprint density at radius 3 is 2.82 bits per heavy atom. The molecule has 1 unspecified atom stereocenters. The number of carbonyl (C=O) groups is 1. The molecular weight excluding hydrogens is 272 g/mol. The van der Waals surface area contributed by atoms with Crippen LogP contribution < -0.4 is 10.6 Å². The lowest BCUT2D eigenvalue weighted by Gasteiger charge is -2.31. The van der Waals surface area contributed by atoms with Crippen molar-refractivity contribution in [2.24, 2.45) is 5.92 Å². The molecule has 1 aliphatic carbocycles. The summed E-state index contributed by atoms with van der Waals surface area (Å²) in [6.45, 7) is 4.84. The number of nitrogens with one attached hydrogen (secondary N) is 2. The lowest BCUT2D eigenvalue weighted by molar-refractivity contribution is -0.125. The van der Waals surface area contributed by atoms with Crippen LogP contribution in [0.4, 0.5) is 0 Å². The second kappa shape index (κ2) is 6.82. The first kappa shape index (κ1) is 15.5. The number of hydrogen-bond donors (Lipinski definition) is 2. The summed E-state index contributed by atoms with van der Waals surface area (Å²) < 4.78 is 0. The van der Waals surface area contributed by atoms with Crippen molar-refractivity contribution in [3.8, 4) is 0 Å². The number of piperidine rings is 1. The van der Waals surface area contributed by atoms with Gasteiger partial charge in [0.1, 0.15) is 0 Å². The Morgan fingerprint density at radius 1 is 1.32 bits per heavy atom. The molecule has 22 heavy (non-hydrogen) atoms. The summed E-state index contributed by atoms with van der Waals surface area (Å²) in [5.41, 5.74) is 2.88. The smallest absolute Gasteiger partial charge is 0.224 e. The van der Waals surface area contributed by atoms with Gasteiger partial charge in [0.2, 0.25) is 5.91 Å². The van der Waals surface area contributed by atoms with Gasteiger partial charge < -0.3 is 10.6 Å². The second-order valence-corrected chi connectivity index (χ2v) is 7.12. The number of rotatable bonds is 4. The molecule has 0 aromatic heterocycles. The summed E-state index contributed by atoms with van der Waals surface area (Å²) in [5.74, 6) is 0.399. The molecule has 2 N–H and O–H groups in total. The molecule has 1 aromatic carbocycles. The van der Waals surface area contributed by atoms with E-state index in [0.717, 1.165) is 32.5 Å². The van der Waals surface area contributed by atoms with Gasteiger partial charge in [0, 0.05) is 18.5 Å². The highest BCUT2D eigenvalue weighted by Crippen LogP contribution is 2.40. The lowest BCUT2D eigenvalue weighted by Crippen LogP contribution is -2.45. The minimum Gasteiger partial charge on any atom is -0.355 e. The van der Waals surface area contributed by atoms with E-state index in [1.54, 1.807) is 0 Å². The third-order valence-corrected chi connectivity index (χ3v) is 5.46. The molecule has 0 radical (unpaired) electrons. The van der Waals surface area contributed by atoms with Gasteiger partial charge in [-0.05, 0) is 44.7 Å². The molecule has 3 nitrogen and oxygen atoms in total. The predicted octanol–water partition coefficient (Wildman–Crippen LogP) is 2.92. The SMILES string of the molecule is Cc1cccc(C2(CNC(=O)C3CCCNC3)CCCC2)c1. The Labute approximate surface area is 133 Å². The third-order valence-electron chi connectivity index (χ3n) is 5.46. The van der Waals surface area contributed by atoms with Crippen LogP contribution in [0.1, 0.15) is 49.7 Å². The molecule has 3 rings (SSSR count). The van der Waals surface area contributed by atoms with Crippen LogP contribution in [0, 0.1) is 12.8 Å². The van der Waals surface area contributed by atoms with E-state index in [0.29, 0.717) is 0 Å². The Morgan fingerprint density at radius 2 is 2.14 bits per heavy atom. The minimum atomic E-state index is 0.157. The van der Waals surface area contributed by atoms with Crippen molar-refractivity contribution in [2.75, 3.05) is 19.6 Å². The highest BCUT2D eigenvalue weighted by atomic mass is 16.1. The Kier molecular flexibility index (Phi) is 4.82. The van der Waals surface area contributed by atoms with E-state index in [4.69, 9.17) is 0 Å². The normalized spacial score (nSPS) is 24.1. The molecule has 1 aliphatic heterocycles. The number of hydrogen-bond acceptors (Lipinski definition) is 2. The van der Waals surface area contributed by atoms with Crippen LogP contribution in [-0.4, -0.2) is 25.5 Å². The first-order chi connectivity index (χ1) is 10.7. The predicted molar refractivity (Wildman–Crippen MR) is 89.9 cm³/mol. The molecule has 1 atom stereocenters. The molecule has 0 bridgehead atoms. The van der Waals surface area contributed by atoms with Crippen molar-refractivity contribution in [1.29, 1.82) is 0 Å². The van der Waals surface area contributed by atoms with Crippen LogP contribution in [-0.2, 0) is 10.2 Å². The Bertz CT molecular complexity index is 514. The maximum absolute atomic E-state index is 12.4. The van der Waals surface area contributed by atoms with E-state index < -0.39 is 0 Å². The zero-order valence-electron chi connectivity index (χ0n) is 13.7. The van der Waals surface area contributed by atoms with Gasteiger partial charge in [-0.2, -0.15) is 0 Å². The fraction of sp³-hybridized carbons (Fsp3) is 0.632. The average molecular weight is 300 g/mol. The highest BCUT2D eigenvalue weighted by Gasteiger charge is 2.36. The van der Waals surface area contributed by atoms with E-state index in [1.807, 2.05) is 0 Å². The standard InChI is InChI=1S/C19H28N2O/c1-15-6-4-8-17(12-15)19(9-2-3-10-19)14-21-18(22)16-7-5-11-20-13-16/h4,6,8,12,16,20H,2-3,5,7,9-11,13-14H2,1H3,(H,21,22). The molecule has 3 heteroatoms. The second-order valence-electron chi connectivity index (χ2n) is 7.12. The molecule has 1 saturated heterocycles. The molecule has 1 saturated carbocycles. The van der Waals surface area contributed by atoms with Crippen LogP contribution in [0.5, 0.6) is 0 Å². The molecule has 120 valence electrons. The number of carbonyl (C=O) groups excluding carboxylic acids is 1. The Balaban J connectivity index is 1.68. The summed E-state index contributed by atoms with van der Waals surface area (Å²) in [4.78, 5) is 12.4. The fourth-order valence-electron chi connectivity index (χ4n) is 4.07. The zero-order valence-corrected chi connectivity index (χ0v) is 13.7. The van der Waals surface area contributed by atoms with Crippen molar-refractivity contribution < 1.29 is 4.79 Å². The van der Waals surface area contributed by atoms with Crippen LogP contribution in [0.3, 0.4) is 0 Å². The molecule has 2 aliphatic rings. The number of amides is 1. The molecule has 1 aromatic rings. The van der Waals surface area contributed by atoms with Crippen molar-refractivity contribution in [1.82, 2.24) is 10.6 Å². The molecule has 2 fully saturated rings. The van der Waals surface area contributed by atoms with Gasteiger partial charge in [-0.1, -0.05) is 42.7 Å². The molecular formula is C19H28N2O. The van der Waals surface area contributed by atoms with Crippen LogP contribution >= 0.6 is 0 Å². The quantitative estimate of drug-likeness (QED) is 0.897. The van der Waals surface area contributed by atoms with E-state index in [1.165, 1.54) is 36.8 Å². The van der Waals surface area contributed by atoms with E-state index in [9.17, 15) is 4.79 Å². The first-order valence-electron chi connectivity index (χ1n) is 8.75. The van der Waals surface area contributed by atoms with E-state index in [2.05, 4.69) is 41.8 Å². The van der Waals surface area contributed by atoms with Crippen LogP contribution in [0.25, 0.3) is 0 Å². The summed E-state index contributed by atoms with van der Waals surface area (Å²) in [6, 6.07) is 8.85. The molecule has 0 spiro atoms. The number of benzene rings is 1. The topological polar surface area (TPSA) is 41.1 Å². The van der Waals surface area contributed by atoms with Gasteiger partial charge in [-0.3, -0.25) is 4.79 Å². The van der Waals surface area contributed by atoms with Crippen molar-refractivity contribution in [2.45, 2.75) is 50.9 Å². The summed E-state index contributed by atoms with van der Waals surface area (Å²) in [6.07, 6.45) is 7.07. The average Bonchev–Trinajstić information content (AvgIpc) is 3.04. The first-order valence-corrected chi connectivity index (χ1v) is 8.75. The minimum absolute atomic E-state index is 0.157. The summed E-state index contributed by atoms with van der Waals surface area (Å²) in [5, 5.41) is 6.61. The Hall–Kier alpha value is -1.35. The maximum Gasteiger partial charge on any atom is 0.224 e. The molecule has 1 heterocycles. The fourth-order valence-corrected chi connectivity index (χ4v) is 4.07. The van der Waals surface area contributed by atoms with Crippen LogP contribution in [0.2, 0.25) is 0 Å². The van der Waals surface area contributed by atoms with Gasteiger partial charge in [0.05, 0.1) is 5.92 Å². The van der Waals surface area contributed by atoms with Gasteiger partial charge in [0.25, 0.3) is 0 Å². The third kappa shape index (κ3) is 3.35. The van der Waals surface area contributed by atoms with E-state index >= 15 is 0 Å². The van der Waals surface area contributed by atoms with Gasteiger partial charge in [-0.25, -0.2) is 0 Å². The lowest BCUT2D eigenvalue weighted by atomic mass is 9.78. The summed E-state index contributed by atoms with van der Waals surface area (Å²) in [7, 11) is 0. The monoisotopic (exact) mass is 300 g/mol. The van der Waals surface area contributed by atoms with Crippen LogP contribution in [0.15, 0.2) is 24.3 Å². The largest absolute Gasteiger partial charge is 0.355 e. The highest BCUT2D eigenvalue weighted by molar-refractivity contribution is 5.79. The van der Waals surface area contributed by atoms with E-state index in [-0.39, 0.29) is 17.2 Å². The van der Waals surface area contributed by atoms with Gasteiger partial charge in [0.15, 0.2) is 0 Å². The zero-order chi connectivity index (χ0) is 15.4. The van der Waals surface area contributed by atoms with Crippen molar-refractivity contribution in [3.05, 3.63) is 35.4 Å². The van der Waals surface area contributed by atoms with Gasteiger partial charge in [-0.15, -0.1) is 0 Å². The number of aryl methyl sites for hydroxylation is 1. The summed E-state index contributed by atoms with van der Waals surface area (Å²) >= 11 is 0.